The monoisotopic (exact) mass is 327 g/mol. The third-order valence-corrected chi connectivity index (χ3v) is 5.47. The third kappa shape index (κ3) is 4.10. The van der Waals surface area contributed by atoms with Crippen molar-refractivity contribution in [3.63, 3.8) is 0 Å². The molecule has 4 rings (SSSR count). The van der Waals surface area contributed by atoms with E-state index in [1.54, 1.807) is 0 Å². The highest BCUT2D eigenvalue weighted by Gasteiger charge is 2.37. The van der Waals surface area contributed by atoms with Crippen LogP contribution < -0.4 is 0 Å². The van der Waals surface area contributed by atoms with Crippen molar-refractivity contribution in [2.75, 3.05) is 6.54 Å². The van der Waals surface area contributed by atoms with Gasteiger partial charge in [-0.15, -0.1) is 0 Å². The van der Waals surface area contributed by atoms with E-state index in [4.69, 9.17) is 4.42 Å². The predicted molar refractivity (Wildman–Crippen MR) is 94.7 cm³/mol. The summed E-state index contributed by atoms with van der Waals surface area (Å²) in [6.45, 7) is 5.54. The lowest BCUT2D eigenvalue weighted by Gasteiger charge is -2.20. The van der Waals surface area contributed by atoms with Gasteiger partial charge in [-0.05, 0) is 62.8 Å². The molecule has 2 aliphatic rings. The molecular formula is C20H29N3O. The van der Waals surface area contributed by atoms with Crippen LogP contribution in [0.5, 0.6) is 0 Å². The Morgan fingerprint density at radius 2 is 2.12 bits per heavy atom. The first-order valence-corrected chi connectivity index (χ1v) is 9.59. The molecule has 0 N–H and O–H groups in total. The van der Waals surface area contributed by atoms with Crippen LogP contribution in [0.1, 0.15) is 62.9 Å². The summed E-state index contributed by atoms with van der Waals surface area (Å²) >= 11 is 0. The van der Waals surface area contributed by atoms with E-state index in [0.29, 0.717) is 5.92 Å². The van der Waals surface area contributed by atoms with E-state index in [-0.39, 0.29) is 0 Å². The fourth-order valence-corrected chi connectivity index (χ4v) is 3.63. The second kappa shape index (κ2) is 7.14. The highest BCUT2D eigenvalue weighted by molar-refractivity contribution is 5.17. The summed E-state index contributed by atoms with van der Waals surface area (Å²) in [6.07, 6.45) is 11.7. The molecule has 2 unspecified atom stereocenters. The largest absolute Gasteiger partial charge is 0.464 e. The van der Waals surface area contributed by atoms with Gasteiger partial charge in [-0.2, -0.15) is 5.10 Å². The molecule has 2 aromatic rings. The molecule has 2 saturated carbocycles. The van der Waals surface area contributed by atoms with E-state index in [1.807, 2.05) is 23.1 Å². The first kappa shape index (κ1) is 15.9. The molecule has 2 aliphatic carbocycles. The zero-order chi connectivity index (χ0) is 16.4. The van der Waals surface area contributed by atoms with Crippen molar-refractivity contribution in [1.29, 1.82) is 0 Å². The van der Waals surface area contributed by atoms with Crippen LogP contribution >= 0.6 is 0 Å². The number of nitrogens with zero attached hydrogens (tertiary/aromatic N) is 3. The van der Waals surface area contributed by atoms with Crippen LogP contribution in [0.4, 0.5) is 0 Å². The van der Waals surface area contributed by atoms with Crippen LogP contribution in [0.2, 0.25) is 0 Å². The predicted octanol–water partition coefficient (Wildman–Crippen LogP) is 4.43. The molecule has 0 saturated heterocycles. The number of hydrogen-bond donors (Lipinski definition) is 0. The molecule has 0 aromatic carbocycles. The van der Waals surface area contributed by atoms with Gasteiger partial charge >= 0.3 is 0 Å². The van der Waals surface area contributed by atoms with E-state index in [0.717, 1.165) is 30.8 Å². The van der Waals surface area contributed by atoms with E-state index < -0.39 is 0 Å². The lowest BCUT2D eigenvalue weighted by molar-refractivity contribution is 0.226. The van der Waals surface area contributed by atoms with E-state index in [2.05, 4.69) is 29.1 Å². The average Bonchev–Trinajstić information content (AvgIpc) is 3.44. The maximum Gasteiger partial charge on any atom is 0.118 e. The maximum absolute atomic E-state index is 6.11. The molecule has 2 fully saturated rings. The normalized spacial score (nSPS) is 23.1. The van der Waals surface area contributed by atoms with Gasteiger partial charge in [0.25, 0.3) is 0 Å². The summed E-state index contributed by atoms with van der Waals surface area (Å²) in [5, 5.41) is 4.26. The standard InChI is InChI=1S/C20H29N3O/c1-16-14-19(16)20-9-8-18(24-20)15-22(17-6-7-17)11-3-2-4-12-23-13-5-10-21-23/h5,8-10,13,16-17,19H,2-4,6-7,11-12,14-15H2,1H3. The van der Waals surface area contributed by atoms with Crippen molar-refractivity contribution in [1.82, 2.24) is 14.7 Å². The Hall–Kier alpha value is -1.55. The molecule has 24 heavy (non-hydrogen) atoms. The summed E-state index contributed by atoms with van der Waals surface area (Å²) in [5.74, 6) is 3.88. The van der Waals surface area contributed by atoms with Gasteiger partial charge in [-0.3, -0.25) is 9.58 Å². The summed E-state index contributed by atoms with van der Waals surface area (Å²) in [6, 6.07) is 7.20. The van der Waals surface area contributed by atoms with Gasteiger partial charge in [0.2, 0.25) is 0 Å². The van der Waals surface area contributed by atoms with Crippen LogP contribution in [-0.4, -0.2) is 27.3 Å². The molecule has 4 heteroatoms. The average molecular weight is 327 g/mol. The van der Waals surface area contributed by atoms with E-state index in [1.165, 1.54) is 50.8 Å². The second-order valence-corrected chi connectivity index (χ2v) is 7.66. The topological polar surface area (TPSA) is 34.2 Å². The quantitative estimate of drug-likeness (QED) is 0.605. The molecule has 2 atom stereocenters. The minimum absolute atomic E-state index is 0.690. The first-order chi connectivity index (χ1) is 11.8. The molecule has 0 radical (unpaired) electrons. The van der Waals surface area contributed by atoms with E-state index in [9.17, 15) is 0 Å². The minimum Gasteiger partial charge on any atom is -0.464 e. The van der Waals surface area contributed by atoms with Gasteiger partial charge in [0.1, 0.15) is 11.5 Å². The fraction of sp³-hybridized carbons (Fsp3) is 0.650. The highest BCUT2D eigenvalue weighted by atomic mass is 16.3. The maximum atomic E-state index is 6.11. The smallest absolute Gasteiger partial charge is 0.118 e. The van der Waals surface area contributed by atoms with Gasteiger partial charge in [-0.1, -0.05) is 13.3 Å². The molecule has 0 amide bonds. The summed E-state index contributed by atoms with van der Waals surface area (Å²) in [7, 11) is 0. The second-order valence-electron chi connectivity index (χ2n) is 7.66. The van der Waals surface area contributed by atoms with Crippen molar-refractivity contribution in [2.24, 2.45) is 5.92 Å². The number of unbranched alkanes of at least 4 members (excludes halogenated alkanes) is 2. The number of aromatic nitrogens is 2. The van der Waals surface area contributed by atoms with Crippen molar-refractivity contribution in [2.45, 2.75) is 70.5 Å². The Kier molecular flexibility index (Phi) is 4.74. The van der Waals surface area contributed by atoms with Gasteiger partial charge in [0, 0.05) is 30.9 Å². The molecule has 0 bridgehead atoms. The van der Waals surface area contributed by atoms with Crippen LogP contribution in [0.3, 0.4) is 0 Å². The Labute approximate surface area is 144 Å². The highest BCUT2D eigenvalue weighted by Crippen LogP contribution is 2.47. The Morgan fingerprint density at radius 1 is 1.25 bits per heavy atom. The Morgan fingerprint density at radius 3 is 2.83 bits per heavy atom. The number of rotatable bonds is 10. The molecule has 130 valence electrons. The first-order valence-electron chi connectivity index (χ1n) is 9.59. The summed E-state index contributed by atoms with van der Waals surface area (Å²) in [4.78, 5) is 2.63. The lowest BCUT2D eigenvalue weighted by atomic mass is 10.2. The van der Waals surface area contributed by atoms with Gasteiger partial charge < -0.3 is 4.42 Å². The summed E-state index contributed by atoms with van der Waals surface area (Å²) in [5.41, 5.74) is 0. The van der Waals surface area contributed by atoms with Crippen molar-refractivity contribution < 1.29 is 4.42 Å². The Bertz CT molecular complexity index is 629. The lowest BCUT2D eigenvalue weighted by Crippen LogP contribution is -2.26. The molecule has 2 aromatic heterocycles. The van der Waals surface area contributed by atoms with Crippen LogP contribution in [0.25, 0.3) is 0 Å². The molecule has 2 heterocycles. The van der Waals surface area contributed by atoms with E-state index >= 15 is 0 Å². The van der Waals surface area contributed by atoms with Gasteiger partial charge in [-0.25, -0.2) is 0 Å². The summed E-state index contributed by atoms with van der Waals surface area (Å²) < 4.78 is 8.14. The van der Waals surface area contributed by atoms with Crippen molar-refractivity contribution >= 4 is 0 Å². The van der Waals surface area contributed by atoms with Gasteiger partial charge in [0.05, 0.1) is 6.54 Å². The van der Waals surface area contributed by atoms with Crippen LogP contribution in [0.15, 0.2) is 35.0 Å². The minimum atomic E-state index is 0.690. The number of furan rings is 1. The van der Waals surface area contributed by atoms with Gasteiger partial charge in [0.15, 0.2) is 0 Å². The molecule has 0 aliphatic heterocycles. The van der Waals surface area contributed by atoms with Crippen molar-refractivity contribution in [3.8, 4) is 0 Å². The third-order valence-electron chi connectivity index (χ3n) is 5.47. The Balaban J connectivity index is 1.20. The number of hydrogen-bond acceptors (Lipinski definition) is 3. The van der Waals surface area contributed by atoms with Crippen LogP contribution in [0, 0.1) is 5.92 Å². The zero-order valence-corrected chi connectivity index (χ0v) is 14.7. The number of aryl methyl sites for hydroxylation is 1. The molecular weight excluding hydrogens is 298 g/mol. The SMILES string of the molecule is CC1CC1c1ccc(CN(CCCCCn2cccn2)C2CC2)o1. The van der Waals surface area contributed by atoms with Crippen molar-refractivity contribution in [3.05, 3.63) is 42.1 Å². The zero-order valence-electron chi connectivity index (χ0n) is 14.7. The fourth-order valence-electron chi connectivity index (χ4n) is 3.63. The molecule has 4 nitrogen and oxygen atoms in total. The molecule has 0 spiro atoms. The van der Waals surface area contributed by atoms with Crippen LogP contribution in [-0.2, 0) is 13.1 Å².